The number of benzene rings is 3. The number of halogens is 1. The van der Waals surface area contributed by atoms with Gasteiger partial charge in [-0.1, -0.05) is 35.9 Å². The van der Waals surface area contributed by atoms with Crippen LogP contribution < -0.4 is 4.90 Å². The molecule has 3 aliphatic rings. The minimum atomic E-state index is -1.01. The summed E-state index contributed by atoms with van der Waals surface area (Å²) >= 11 is 6.00. The van der Waals surface area contributed by atoms with Gasteiger partial charge in [-0.2, -0.15) is 5.10 Å². The third-order valence-electron chi connectivity index (χ3n) is 7.01. The molecule has 3 aromatic carbocycles. The number of ketones is 1. The number of carbonyl (C=O) groups excluding carboxylic acids is 3. The topological polar surface area (TPSA) is 113 Å². The van der Waals surface area contributed by atoms with Crippen LogP contribution in [0.15, 0.2) is 77.9 Å². The van der Waals surface area contributed by atoms with Gasteiger partial charge < -0.3 is 0 Å². The molecule has 3 aromatic rings. The first-order valence-corrected chi connectivity index (χ1v) is 11.6. The SMILES string of the molecule is O=C(c1ccc(Cl)cc1)[C@@H]1[C@@H]2C(=O)N(c3ccc([N+](=O)[O-])cc3)C(=O)[C@@H]2[C@H]2c3ccccc3C=NN12. The predicted molar refractivity (Wildman–Crippen MR) is 131 cm³/mol. The van der Waals surface area contributed by atoms with E-state index in [4.69, 9.17) is 11.6 Å². The number of Topliss-reactive ketones (excluding diaryl/α,β-unsaturated/α-hetero) is 1. The summed E-state index contributed by atoms with van der Waals surface area (Å²) in [7, 11) is 0. The second-order valence-corrected chi connectivity index (χ2v) is 9.29. The van der Waals surface area contributed by atoms with Gasteiger partial charge in [-0.3, -0.25) is 29.5 Å². The van der Waals surface area contributed by atoms with Crippen LogP contribution in [-0.2, 0) is 9.59 Å². The van der Waals surface area contributed by atoms with Gasteiger partial charge in [0.25, 0.3) is 5.69 Å². The zero-order chi connectivity index (χ0) is 25.1. The standard InChI is InChI=1S/C26H17ClN4O5/c27-16-7-5-14(6-8-16)24(32)23-21-20(22-19-4-2-1-3-15(19)13-28-30(22)23)25(33)29(26(21)34)17-9-11-18(12-10-17)31(35)36/h1-13,20-23H/t20-,21+,22+,23-/m0/s1. The van der Waals surface area contributed by atoms with Crippen molar-refractivity contribution in [1.82, 2.24) is 5.01 Å². The Morgan fingerprint density at radius 3 is 2.28 bits per heavy atom. The lowest BCUT2D eigenvalue weighted by molar-refractivity contribution is -0.384. The fourth-order valence-electron chi connectivity index (χ4n) is 5.43. The number of hydrazone groups is 1. The van der Waals surface area contributed by atoms with Crippen molar-refractivity contribution in [1.29, 1.82) is 0 Å². The van der Waals surface area contributed by atoms with Crippen LogP contribution in [0.25, 0.3) is 0 Å². The molecule has 0 N–H and O–H groups in total. The van der Waals surface area contributed by atoms with Crippen molar-refractivity contribution in [3.8, 4) is 0 Å². The predicted octanol–water partition coefficient (Wildman–Crippen LogP) is 4.01. The highest BCUT2D eigenvalue weighted by Gasteiger charge is 2.65. The molecule has 3 heterocycles. The highest BCUT2D eigenvalue weighted by Crippen LogP contribution is 2.53. The number of amides is 2. The number of fused-ring (bicyclic) bond motifs is 5. The van der Waals surface area contributed by atoms with Crippen LogP contribution in [0.4, 0.5) is 11.4 Å². The van der Waals surface area contributed by atoms with Crippen molar-refractivity contribution >= 4 is 46.8 Å². The summed E-state index contributed by atoms with van der Waals surface area (Å²) in [5.41, 5.74) is 2.04. The first-order chi connectivity index (χ1) is 17.4. The highest BCUT2D eigenvalue weighted by molar-refractivity contribution is 6.30. The van der Waals surface area contributed by atoms with Crippen molar-refractivity contribution in [2.45, 2.75) is 12.1 Å². The van der Waals surface area contributed by atoms with Gasteiger partial charge >= 0.3 is 0 Å². The van der Waals surface area contributed by atoms with Crippen molar-refractivity contribution in [2.24, 2.45) is 16.9 Å². The molecule has 0 aliphatic carbocycles. The normalized spacial score (nSPS) is 23.9. The van der Waals surface area contributed by atoms with E-state index in [9.17, 15) is 24.5 Å². The number of anilines is 1. The third kappa shape index (κ3) is 3.16. The van der Waals surface area contributed by atoms with Gasteiger partial charge in [-0.15, -0.1) is 0 Å². The number of rotatable bonds is 4. The molecule has 178 valence electrons. The van der Waals surface area contributed by atoms with Crippen LogP contribution in [-0.4, -0.2) is 39.8 Å². The van der Waals surface area contributed by atoms with Gasteiger partial charge in [-0.25, -0.2) is 4.90 Å². The molecule has 9 nitrogen and oxygen atoms in total. The first kappa shape index (κ1) is 22.1. The Bertz CT molecular complexity index is 1470. The summed E-state index contributed by atoms with van der Waals surface area (Å²) in [5.74, 6) is -3.18. The van der Waals surface area contributed by atoms with Crippen LogP contribution in [0, 0.1) is 22.0 Å². The molecule has 2 fully saturated rings. The zero-order valence-corrected chi connectivity index (χ0v) is 19.3. The Hall–Kier alpha value is -4.37. The van der Waals surface area contributed by atoms with Crippen molar-refractivity contribution in [3.05, 3.63) is 105 Å². The van der Waals surface area contributed by atoms with Crippen LogP contribution >= 0.6 is 11.6 Å². The number of hydrogen-bond donors (Lipinski definition) is 0. The van der Waals surface area contributed by atoms with E-state index in [0.717, 1.165) is 16.0 Å². The molecule has 0 bridgehead atoms. The van der Waals surface area contributed by atoms with E-state index in [0.29, 0.717) is 10.6 Å². The maximum absolute atomic E-state index is 13.8. The minimum Gasteiger partial charge on any atom is -0.292 e. The van der Waals surface area contributed by atoms with E-state index in [1.54, 1.807) is 35.5 Å². The van der Waals surface area contributed by atoms with Gasteiger partial charge in [0, 0.05) is 22.7 Å². The van der Waals surface area contributed by atoms with Crippen LogP contribution in [0.2, 0.25) is 5.02 Å². The van der Waals surface area contributed by atoms with Crippen molar-refractivity contribution in [2.75, 3.05) is 4.90 Å². The van der Waals surface area contributed by atoms with Crippen molar-refractivity contribution in [3.63, 3.8) is 0 Å². The average Bonchev–Trinajstić information content (AvgIpc) is 3.36. The number of nitro groups is 1. The Balaban J connectivity index is 1.47. The van der Waals surface area contributed by atoms with Crippen LogP contribution in [0.5, 0.6) is 0 Å². The summed E-state index contributed by atoms with van der Waals surface area (Å²) < 4.78 is 0. The molecule has 10 heteroatoms. The van der Waals surface area contributed by atoms with Crippen molar-refractivity contribution < 1.29 is 19.3 Å². The highest BCUT2D eigenvalue weighted by atomic mass is 35.5. The largest absolute Gasteiger partial charge is 0.292 e. The maximum Gasteiger partial charge on any atom is 0.269 e. The molecule has 0 unspecified atom stereocenters. The van der Waals surface area contributed by atoms with Gasteiger partial charge in [0.05, 0.1) is 34.7 Å². The van der Waals surface area contributed by atoms with Crippen LogP contribution in [0.3, 0.4) is 0 Å². The van der Waals surface area contributed by atoms with E-state index in [1.165, 1.54) is 24.3 Å². The molecule has 0 aromatic heterocycles. The molecule has 0 saturated carbocycles. The van der Waals surface area contributed by atoms with E-state index in [2.05, 4.69) is 5.10 Å². The minimum absolute atomic E-state index is 0.157. The van der Waals surface area contributed by atoms with Crippen LogP contribution in [0.1, 0.15) is 27.5 Å². The lowest BCUT2D eigenvalue weighted by Gasteiger charge is -2.33. The molecule has 36 heavy (non-hydrogen) atoms. The molecule has 2 amide bonds. The first-order valence-electron chi connectivity index (χ1n) is 11.2. The number of carbonyl (C=O) groups is 3. The number of imide groups is 1. The Labute approximate surface area is 209 Å². The van der Waals surface area contributed by atoms with Gasteiger partial charge in [0.2, 0.25) is 11.8 Å². The van der Waals surface area contributed by atoms with Gasteiger partial charge in [0.1, 0.15) is 6.04 Å². The van der Waals surface area contributed by atoms with E-state index < -0.39 is 40.7 Å². The summed E-state index contributed by atoms with van der Waals surface area (Å²) in [6.07, 6.45) is 1.64. The number of hydrogen-bond acceptors (Lipinski definition) is 7. The molecule has 4 atom stereocenters. The number of nitro benzene ring substituents is 1. The lowest BCUT2D eigenvalue weighted by atomic mass is 9.83. The molecular formula is C26H17ClN4O5. The fourth-order valence-corrected chi connectivity index (χ4v) is 5.56. The Kier molecular flexibility index (Phi) is 4.97. The Morgan fingerprint density at radius 1 is 0.917 bits per heavy atom. The summed E-state index contributed by atoms with van der Waals surface area (Å²) in [4.78, 5) is 52.9. The number of nitrogens with zero attached hydrogens (tertiary/aromatic N) is 4. The molecule has 3 aliphatic heterocycles. The Morgan fingerprint density at radius 2 is 1.58 bits per heavy atom. The molecule has 0 radical (unpaired) electrons. The van der Waals surface area contributed by atoms with Gasteiger partial charge in [0.15, 0.2) is 5.78 Å². The second-order valence-electron chi connectivity index (χ2n) is 8.85. The fraction of sp³-hybridized carbons (Fsp3) is 0.154. The summed E-state index contributed by atoms with van der Waals surface area (Å²) in [6, 6.07) is 17.4. The van der Waals surface area contributed by atoms with E-state index >= 15 is 0 Å². The second kappa shape index (κ2) is 8.10. The summed E-state index contributed by atoms with van der Waals surface area (Å²) in [6.45, 7) is 0. The summed E-state index contributed by atoms with van der Waals surface area (Å²) in [5, 5.41) is 17.6. The lowest BCUT2D eigenvalue weighted by Crippen LogP contribution is -2.44. The van der Waals surface area contributed by atoms with E-state index in [-0.39, 0.29) is 17.2 Å². The molecule has 2 saturated heterocycles. The average molecular weight is 501 g/mol. The zero-order valence-electron chi connectivity index (χ0n) is 18.5. The quantitative estimate of drug-likeness (QED) is 0.231. The molecular weight excluding hydrogens is 484 g/mol. The monoisotopic (exact) mass is 500 g/mol. The smallest absolute Gasteiger partial charge is 0.269 e. The van der Waals surface area contributed by atoms with E-state index in [1.807, 2.05) is 24.3 Å². The third-order valence-corrected chi connectivity index (χ3v) is 7.26. The van der Waals surface area contributed by atoms with Gasteiger partial charge in [-0.05, 0) is 47.5 Å². The molecule has 0 spiro atoms. The maximum atomic E-state index is 13.8. The molecule has 6 rings (SSSR count). The number of non-ortho nitro benzene ring substituents is 1.